The highest BCUT2D eigenvalue weighted by atomic mass is 32.1. The smallest absolute Gasteiger partial charge is 0.228 e. The molecular formula is C8H11NO3S. The van der Waals surface area contributed by atoms with Crippen molar-refractivity contribution in [2.45, 2.75) is 12.0 Å². The molecular weight excluding hydrogens is 190 g/mol. The summed E-state index contributed by atoms with van der Waals surface area (Å²) in [6.45, 7) is 0.958. The fraction of sp³-hybridized carbons (Fsp3) is 0.625. The van der Waals surface area contributed by atoms with E-state index in [2.05, 4.69) is 4.37 Å². The zero-order valence-electron chi connectivity index (χ0n) is 7.27. The summed E-state index contributed by atoms with van der Waals surface area (Å²) >= 11 is 1.34. The first-order valence-corrected chi connectivity index (χ1v) is 4.90. The molecule has 2 unspecified atom stereocenters. The van der Waals surface area contributed by atoms with Gasteiger partial charge in [0.1, 0.15) is 0 Å². The zero-order valence-corrected chi connectivity index (χ0v) is 8.08. The lowest BCUT2D eigenvalue weighted by Crippen LogP contribution is -2.15. The number of rotatable bonds is 2. The molecule has 1 aromatic rings. The van der Waals surface area contributed by atoms with Gasteiger partial charge < -0.3 is 14.6 Å². The van der Waals surface area contributed by atoms with Crippen molar-refractivity contribution in [1.29, 1.82) is 0 Å². The fourth-order valence-electron chi connectivity index (χ4n) is 1.48. The predicted octanol–water partition coefficient (Wildman–Crippen LogP) is 0.626. The second kappa shape index (κ2) is 3.61. The van der Waals surface area contributed by atoms with Crippen LogP contribution in [0.5, 0.6) is 5.88 Å². The van der Waals surface area contributed by atoms with Crippen LogP contribution in [0.1, 0.15) is 11.5 Å². The molecule has 2 rings (SSSR count). The van der Waals surface area contributed by atoms with Crippen molar-refractivity contribution in [3.63, 3.8) is 0 Å². The van der Waals surface area contributed by atoms with Crippen LogP contribution in [0, 0.1) is 0 Å². The molecule has 4 nitrogen and oxygen atoms in total. The van der Waals surface area contributed by atoms with Gasteiger partial charge in [0.2, 0.25) is 5.88 Å². The van der Waals surface area contributed by atoms with Gasteiger partial charge in [-0.15, -0.1) is 0 Å². The molecule has 1 aliphatic heterocycles. The molecule has 1 fully saturated rings. The van der Waals surface area contributed by atoms with Gasteiger partial charge in [0.25, 0.3) is 0 Å². The molecule has 72 valence electrons. The number of methoxy groups -OCH3 is 1. The van der Waals surface area contributed by atoms with E-state index < -0.39 is 6.10 Å². The summed E-state index contributed by atoms with van der Waals surface area (Å²) in [4.78, 5) is 0. The van der Waals surface area contributed by atoms with Crippen molar-refractivity contribution in [3.8, 4) is 5.88 Å². The van der Waals surface area contributed by atoms with Crippen LogP contribution in [0.15, 0.2) is 5.38 Å². The second-order valence-electron chi connectivity index (χ2n) is 2.99. The first kappa shape index (κ1) is 8.93. The molecule has 13 heavy (non-hydrogen) atoms. The van der Waals surface area contributed by atoms with Crippen LogP contribution in [0.25, 0.3) is 0 Å². The van der Waals surface area contributed by atoms with Crippen molar-refractivity contribution in [2.75, 3.05) is 20.3 Å². The Kier molecular flexibility index (Phi) is 2.48. The highest BCUT2D eigenvalue weighted by molar-refractivity contribution is 7.03. The number of aliphatic hydroxyl groups is 1. The molecule has 0 bridgehead atoms. The molecule has 5 heteroatoms. The normalized spacial score (nSPS) is 27.8. The molecule has 0 aromatic carbocycles. The van der Waals surface area contributed by atoms with E-state index in [9.17, 15) is 5.11 Å². The van der Waals surface area contributed by atoms with Gasteiger partial charge in [-0.2, -0.15) is 4.37 Å². The van der Waals surface area contributed by atoms with E-state index in [-0.39, 0.29) is 5.92 Å². The summed E-state index contributed by atoms with van der Waals surface area (Å²) in [5.41, 5.74) is 0.956. The van der Waals surface area contributed by atoms with Gasteiger partial charge in [-0.1, -0.05) is 0 Å². The Bertz CT molecular complexity index is 289. The van der Waals surface area contributed by atoms with Crippen molar-refractivity contribution in [2.24, 2.45) is 0 Å². The number of hydrogen-bond donors (Lipinski definition) is 1. The summed E-state index contributed by atoms with van der Waals surface area (Å²) in [6.07, 6.45) is -0.426. The van der Waals surface area contributed by atoms with E-state index in [1.54, 1.807) is 7.11 Å². The number of aromatic nitrogens is 1. The number of ether oxygens (including phenoxy) is 2. The molecule has 1 N–H and O–H groups in total. The van der Waals surface area contributed by atoms with Crippen LogP contribution in [0.3, 0.4) is 0 Å². The Morgan fingerprint density at radius 3 is 3.15 bits per heavy atom. The van der Waals surface area contributed by atoms with Crippen LogP contribution in [0.4, 0.5) is 0 Å². The van der Waals surface area contributed by atoms with Crippen LogP contribution in [-0.4, -0.2) is 35.9 Å². The molecule has 1 aliphatic rings. The van der Waals surface area contributed by atoms with Gasteiger partial charge >= 0.3 is 0 Å². The van der Waals surface area contributed by atoms with Crippen LogP contribution in [0.2, 0.25) is 0 Å². The Labute approximate surface area is 80.3 Å². The monoisotopic (exact) mass is 201 g/mol. The standard InChI is InChI=1S/C8H11NO3S/c1-11-8-6(4-13-9-8)5-2-12-3-7(5)10/h4-5,7,10H,2-3H2,1H3. The third-order valence-corrected chi connectivity index (χ3v) is 2.84. The number of aliphatic hydroxyl groups excluding tert-OH is 1. The van der Waals surface area contributed by atoms with E-state index in [1.165, 1.54) is 11.5 Å². The maximum absolute atomic E-state index is 9.58. The van der Waals surface area contributed by atoms with E-state index in [1.807, 2.05) is 5.38 Å². The molecule has 0 amide bonds. The summed E-state index contributed by atoms with van der Waals surface area (Å²) in [6, 6.07) is 0. The highest BCUT2D eigenvalue weighted by Crippen LogP contribution is 2.32. The highest BCUT2D eigenvalue weighted by Gasteiger charge is 2.31. The molecule has 0 saturated carbocycles. The molecule has 0 aliphatic carbocycles. The minimum Gasteiger partial charge on any atom is -0.480 e. The molecule has 2 atom stereocenters. The summed E-state index contributed by atoms with van der Waals surface area (Å²) < 4.78 is 14.3. The molecule has 0 spiro atoms. The van der Waals surface area contributed by atoms with Crippen LogP contribution < -0.4 is 4.74 Å². The van der Waals surface area contributed by atoms with Crippen LogP contribution >= 0.6 is 11.5 Å². The van der Waals surface area contributed by atoms with Crippen molar-refractivity contribution in [1.82, 2.24) is 4.37 Å². The first-order chi connectivity index (χ1) is 6.33. The van der Waals surface area contributed by atoms with Crippen molar-refractivity contribution in [3.05, 3.63) is 10.9 Å². The topological polar surface area (TPSA) is 51.6 Å². The SMILES string of the molecule is COc1nscc1C1COCC1O. The lowest BCUT2D eigenvalue weighted by molar-refractivity contribution is 0.124. The lowest BCUT2D eigenvalue weighted by Gasteiger charge is -2.10. The third kappa shape index (κ3) is 1.54. The van der Waals surface area contributed by atoms with Gasteiger partial charge in [0, 0.05) is 16.9 Å². The van der Waals surface area contributed by atoms with E-state index in [0.717, 1.165) is 5.56 Å². The Morgan fingerprint density at radius 2 is 2.54 bits per heavy atom. The van der Waals surface area contributed by atoms with Gasteiger partial charge in [0.05, 0.1) is 26.4 Å². The minimum atomic E-state index is -0.426. The van der Waals surface area contributed by atoms with Gasteiger partial charge in [-0.25, -0.2) is 0 Å². The first-order valence-electron chi connectivity index (χ1n) is 4.07. The summed E-state index contributed by atoms with van der Waals surface area (Å²) in [7, 11) is 1.58. The molecule has 1 saturated heterocycles. The minimum absolute atomic E-state index is 0.0219. The Balaban J connectivity index is 2.23. The maximum Gasteiger partial charge on any atom is 0.228 e. The summed E-state index contributed by atoms with van der Waals surface area (Å²) in [5.74, 6) is 0.633. The average molecular weight is 201 g/mol. The van der Waals surface area contributed by atoms with E-state index >= 15 is 0 Å². The van der Waals surface area contributed by atoms with Crippen LogP contribution in [-0.2, 0) is 4.74 Å². The molecule has 2 heterocycles. The van der Waals surface area contributed by atoms with Gasteiger partial charge in [0.15, 0.2) is 0 Å². The fourth-order valence-corrected chi connectivity index (χ4v) is 2.19. The van der Waals surface area contributed by atoms with Gasteiger partial charge in [-0.05, 0) is 11.5 Å². The van der Waals surface area contributed by atoms with Crippen molar-refractivity contribution >= 4 is 11.5 Å². The van der Waals surface area contributed by atoms with E-state index in [4.69, 9.17) is 9.47 Å². The number of hydrogen-bond acceptors (Lipinski definition) is 5. The number of nitrogens with zero attached hydrogens (tertiary/aromatic N) is 1. The molecule has 0 radical (unpaired) electrons. The second-order valence-corrected chi connectivity index (χ2v) is 3.62. The maximum atomic E-state index is 9.58. The average Bonchev–Trinajstić information content (AvgIpc) is 2.71. The molecule has 1 aromatic heterocycles. The Morgan fingerprint density at radius 1 is 1.69 bits per heavy atom. The van der Waals surface area contributed by atoms with E-state index in [0.29, 0.717) is 19.1 Å². The van der Waals surface area contributed by atoms with Crippen molar-refractivity contribution < 1.29 is 14.6 Å². The lowest BCUT2D eigenvalue weighted by atomic mass is 10.00. The Hall–Kier alpha value is -0.650. The third-order valence-electron chi connectivity index (χ3n) is 2.21. The zero-order chi connectivity index (χ0) is 9.26. The summed E-state index contributed by atoms with van der Waals surface area (Å²) in [5, 5.41) is 11.5. The quantitative estimate of drug-likeness (QED) is 0.762. The largest absolute Gasteiger partial charge is 0.480 e. The predicted molar refractivity (Wildman–Crippen MR) is 48.2 cm³/mol. The van der Waals surface area contributed by atoms with Gasteiger partial charge in [-0.3, -0.25) is 0 Å².